The predicted octanol–water partition coefficient (Wildman–Crippen LogP) is 3.90. The van der Waals surface area contributed by atoms with Gasteiger partial charge in [0.15, 0.2) is 0 Å². The van der Waals surface area contributed by atoms with Gasteiger partial charge in [-0.15, -0.1) is 8.58 Å². The van der Waals surface area contributed by atoms with Crippen LogP contribution in [-0.2, 0) is 0 Å². The van der Waals surface area contributed by atoms with Crippen LogP contribution in [-0.4, -0.2) is 12.3 Å². The maximum absolute atomic E-state index is 2.38. The summed E-state index contributed by atoms with van der Waals surface area (Å²) in [6, 6.07) is 0. The van der Waals surface area contributed by atoms with Crippen LogP contribution in [0.25, 0.3) is 0 Å². The van der Waals surface area contributed by atoms with E-state index >= 15 is 0 Å². The minimum Gasteiger partial charge on any atom is -0.122 e. The predicted molar refractivity (Wildman–Crippen MR) is 57.0 cm³/mol. The Morgan fingerprint density at radius 3 is 1.82 bits per heavy atom. The van der Waals surface area contributed by atoms with Gasteiger partial charge in [-0.05, 0) is 31.1 Å². The van der Waals surface area contributed by atoms with E-state index in [1.807, 2.05) is 13.8 Å². The fourth-order valence-corrected chi connectivity index (χ4v) is 2.46. The molecule has 0 aromatic heterocycles. The van der Waals surface area contributed by atoms with Crippen LogP contribution in [0.15, 0.2) is 0 Å². The van der Waals surface area contributed by atoms with Crippen molar-refractivity contribution in [3.63, 3.8) is 0 Å². The number of hydrogen-bond acceptors (Lipinski definition) is 0. The van der Waals surface area contributed by atoms with Gasteiger partial charge < -0.3 is 0 Å². The molecule has 0 radical (unpaired) electrons. The van der Waals surface area contributed by atoms with E-state index in [0.29, 0.717) is 0 Å². The molecular formula is C10H23P. The standard InChI is InChI=1S/C8H17P.C2H6/c1-7-3-5-8(9-2)6-4-7;1-2/h7-9H,3-6H2,1-2H3;1-2H3. The molecule has 11 heavy (non-hydrogen) atoms. The van der Waals surface area contributed by atoms with Crippen LogP contribution in [0.1, 0.15) is 46.5 Å². The molecule has 0 aromatic rings. The van der Waals surface area contributed by atoms with Crippen LogP contribution >= 0.6 is 8.58 Å². The average Bonchev–Trinajstić information content (AvgIpc) is 2.10. The summed E-state index contributed by atoms with van der Waals surface area (Å²) in [4.78, 5) is 0. The molecule has 0 aromatic carbocycles. The normalized spacial score (nSPS) is 31.6. The molecule has 0 nitrogen and oxygen atoms in total. The highest BCUT2D eigenvalue weighted by molar-refractivity contribution is 7.37. The van der Waals surface area contributed by atoms with Crippen molar-refractivity contribution < 1.29 is 0 Å². The first-order valence-corrected chi connectivity index (χ1v) is 6.58. The molecule has 0 heterocycles. The van der Waals surface area contributed by atoms with Crippen molar-refractivity contribution in [3.05, 3.63) is 0 Å². The first kappa shape index (κ1) is 11.4. The first-order chi connectivity index (χ1) is 5.33. The Morgan fingerprint density at radius 1 is 1.00 bits per heavy atom. The van der Waals surface area contributed by atoms with E-state index in [4.69, 9.17) is 0 Å². The number of rotatable bonds is 1. The van der Waals surface area contributed by atoms with Crippen molar-refractivity contribution in [1.82, 2.24) is 0 Å². The SMILES string of the molecule is CC.CPC1CCC(C)CC1. The molecule has 1 rings (SSSR count). The second-order valence-corrected chi connectivity index (χ2v) is 4.64. The summed E-state index contributed by atoms with van der Waals surface area (Å²) in [5.41, 5.74) is 1.10. The lowest BCUT2D eigenvalue weighted by atomic mass is 9.91. The summed E-state index contributed by atoms with van der Waals surface area (Å²) >= 11 is 0. The summed E-state index contributed by atoms with van der Waals surface area (Å²) in [6.07, 6.45) is 6.00. The van der Waals surface area contributed by atoms with Gasteiger partial charge in [0.1, 0.15) is 0 Å². The maximum Gasteiger partial charge on any atom is -0.0239 e. The zero-order valence-corrected chi connectivity index (χ0v) is 9.48. The fourth-order valence-electron chi connectivity index (χ4n) is 1.55. The molecule has 0 spiro atoms. The summed E-state index contributed by atoms with van der Waals surface area (Å²) in [5.74, 6) is 1.03. The van der Waals surface area contributed by atoms with E-state index in [9.17, 15) is 0 Å². The Hall–Kier alpha value is 0.430. The van der Waals surface area contributed by atoms with E-state index in [2.05, 4.69) is 13.6 Å². The quantitative estimate of drug-likeness (QED) is 0.529. The molecule has 1 aliphatic rings. The van der Waals surface area contributed by atoms with Crippen LogP contribution < -0.4 is 0 Å². The van der Waals surface area contributed by atoms with Gasteiger partial charge in [0, 0.05) is 0 Å². The molecule has 0 bridgehead atoms. The summed E-state index contributed by atoms with van der Waals surface area (Å²) in [6.45, 7) is 8.73. The highest BCUT2D eigenvalue weighted by Gasteiger charge is 2.15. The topological polar surface area (TPSA) is 0 Å². The van der Waals surface area contributed by atoms with E-state index in [1.165, 1.54) is 34.3 Å². The smallest absolute Gasteiger partial charge is 0.0239 e. The van der Waals surface area contributed by atoms with Crippen LogP contribution in [0, 0.1) is 5.92 Å². The van der Waals surface area contributed by atoms with Crippen molar-refractivity contribution in [2.45, 2.75) is 52.1 Å². The van der Waals surface area contributed by atoms with Crippen molar-refractivity contribution in [2.24, 2.45) is 5.92 Å². The summed E-state index contributed by atoms with van der Waals surface area (Å²) in [7, 11) is 1.20. The van der Waals surface area contributed by atoms with Crippen molar-refractivity contribution in [2.75, 3.05) is 6.66 Å². The van der Waals surface area contributed by atoms with Crippen LogP contribution in [0.5, 0.6) is 0 Å². The van der Waals surface area contributed by atoms with E-state index in [-0.39, 0.29) is 0 Å². The number of hydrogen-bond donors (Lipinski definition) is 0. The molecular weight excluding hydrogens is 151 g/mol. The van der Waals surface area contributed by atoms with Gasteiger partial charge in [-0.3, -0.25) is 0 Å². The summed E-state index contributed by atoms with van der Waals surface area (Å²) < 4.78 is 0. The Labute approximate surface area is 73.9 Å². The van der Waals surface area contributed by atoms with Crippen LogP contribution in [0.2, 0.25) is 0 Å². The van der Waals surface area contributed by atoms with Crippen LogP contribution in [0.3, 0.4) is 0 Å². The van der Waals surface area contributed by atoms with Crippen molar-refractivity contribution >= 4 is 8.58 Å². The van der Waals surface area contributed by atoms with Crippen molar-refractivity contribution in [1.29, 1.82) is 0 Å². The monoisotopic (exact) mass is 174 g/mol. The molecule has 0 amide bonds. The Balaban J connectivity index is 0.000000461. The molecule has 1 fully saturated rings. The van der Waals surface area contributed by atoms with Crippen molar-refractivity contribution in [3.8, 4) is 0 Å². The first-order valence-electron chi connectivity index (χ1n) is 5.00. The molecule has 1 saturated carbocycles. The lowest BCUT2D eigenvalue weighted by molar-refractivity contribution is 0.392. The van der Waals surface area contributed by atoms with Gasteiger partial charge in [-0.25, -0.2) is 0 Å². The zero-order chi connectivity index (χ0) is 8.69. The lowest BCUT2D eigenvalue weighted by Crippen LogP contribution is -2.12. The van der Waals surface area contributed by atoms with Gasteiger partial charge in [0.2, 0.25) is 0 Å². The largest absolute Gasteiger partial charge is 0.122 e. The van der Waals surface area contributed by atoms with E-state index < -0.39 is 0 Å². The molecule has 1 aliphatic carbocycles. The molecule has 0 N–H and O–H groups in total. The maximum atomic E-state index is 2.38. The third-order valence-corrected chi connectivity index (χ3v) is 3.82. The van der Waals surface area contributed by atoms with Gasteiger partial charge in [0.05, 0.1) is 0 Å². The van der Waals surface area contributed by atoms with E-state index in [0.717, 1.165) is 11.6 Å². The Kier molecular flexibility index (Phi) is 7.38. The molecule has 0 saturated heterocycles. The van der Waals surface area contributed by atoms with E-state index in [1.54, 1.807) is 0 Å². The fraction of sp³-hybridized carbons (Fsp3) is 1.00. The highest BCUT2D eigenvalue weighted by atomic mass is 31.1. The molecule has 0 aliphatic heterocycles. The summed E-state index contributed by atoms with van der Waals surface area (Å²) in [5, 5.41) is 0. The van der Waals surface area contributed by atoms with Crippen LogP contribution in [0.4, 0.5) is 0 Å². The Bertz CT molecular complexity index is 72.9. The molecule has 1 unspecified atom stereocenters. The Morgan fingerprint density at radius 2 is 1.45 bits per heavy atom. The second-order valence-electron chi connectivity index (χ2n) is 3.25. The molecule has 1 heteroatoms. The third-order valence-electron chi connectivity index (χ3n) is 2.42. The third kappa shape index (κ3) is 4.80. The zero-order valence-electron chi connectivity index (χ0n) is 8.48. The van der Waals surface area contributed by atoms with Gasteiger partial charge in [0.25, 0.3) is 0 Å². The average molecular weight is 174 g/mol. The molecule has 1 atom stereocenters. The lowest BCUT2D eigenvalue weighted by Gasteiger charge is -2.24. The highest BCUT2D eigenvalue weighted by Crippen LogP contribution is 2.32. The second kappa shape index (κ2) is 7.10. The van der Waals surface area contributed by atoms with Gasteiger partial charge in [-0.1, -0.05) is 33.6 Å². The minimum atomic E-state index is 1.03. The molecule has 68 valence electrons. The van der Waals surface area contributed by atoms with Gasteiger partial charge >= 0.3 is 0 Å². The minimum absolute atomic E-state index is 1.03. The van der Waals surface area contributed by atoms with Gasteiger partial charge in [-0.2, -0.15) is 0 Å².